The van der Waals surface area contributed by atoms with Gasteiger partial charge in [0, 0.05) is 25.4 Å². The number of halogens is 1. The van der Waals surface area contributed by atoms with Gasteiger partial charge < -0.3 is 10.1 Å². The van der Waals surface area contributed by atoms with Gasteiger partial charge in [-0.2, -0.15) is 5.06 Å². The third kappa shape index (κ3) is 6.66. The minimum Gasteiger partial charge on any atom is -0.481 e. The number of benzene rings is 1. The SMILES string of the molecule is CC(=O)NCCON(C(C)=O)C(=O)[C@H](C)Oc1ccc(Cl)cc1. The first kappa shape index (κ1) is 18.9. The van der Waals surface area contributed by atoms with E-state index in [-0.39, 0.29) is 19.1 Å². The van der Waals surface area contributed by atoms with Crippen molar-refractivity contribution in [2.45, 2.75) is 26.9 Å². The first-order chi connectivity index (χ1) is 10.8. The van der Waals surface area contributed by atoms with E-state index in [9.17, 15) is 14.4 Å². The summed E-state index contributed by atoms with van der Waals surface area (Å²) in [6.45, 7) is 4.22. The first-order valence-corrected chi connectivity index (χ1v) is 7.33. The van der Waals surface area contributed by atoms with E-state index in [0.717, 1.165) is 0 Å². The van der Waals surface area contributed by atoms with Crippen molar-refractivity contribution in [2.24, 2.45) is 0 Å². The Labute approximate surface area is 139 Å². The van der Waals surface area contributed by atoms with Crippen LogP contribution >= 0.6 is 11.6 Å². The molecule has 0 saturated heterocycles. The van der Waals surface area contributed by atoms with E-state index in [1.807, 2.05) is 0 Å². The molecule has 1 aromatic carbocycles. The van der Waals surface area contributed by atoms with Gasteiger partial charge in [0.1, 0.15) is 5.75 Å². The van der Waals surface area contributed by atoms with Gasteiger partial charge in [-0.05, 0) is 31.2 Å². The predicted molar refractivity (Wildman–Crippen MR) is 83.7 cm³/mol. The number of nitrogens with zero attached hydrogens (tertiary/aromatic N) is 1. The molecule has 1 N–H and O–H groups in total. The Morgan fingerprint density at radius 1 is 1.22 bits per heavy atom. The van der Waals surface area contributed by atoms with Gasteiger partial charge in [-0.3, -0.25) is 19.2 Å². The average Bonchev–Trinajstić information content (AvgIpc) is 2.48. The number of ether oxygens (including phenoxy) is 1. The van der Waals surface area contributed by atoms with Crippen molar-refractivity contribution in [1.29, 1.82) is 0 Å². The van der Waals surface area contributed by atoms with Gasteiger partial charge in [0.2, 0.25) is 11.8 Å². The highest BCUT2D eigenvalue weighted by Gasteiger charge is 2.26. The molecule has 0 aliphatic carbocycles. The number of hydroxylamine groups is 2. The lowest BCUT2D eigenvalue weighted by atomic mass is 10.3. The van der Waals surface area contributed by atoms with Crippen LogP contribution in [0, 0.1) is 0 Å². The van der Waals surface area contributed by atoms with Gasteiger partial charge in [0.15, 0.2) is 6.10 Å². The summed E-state index contributed by atoms with van der Waals surface area (Å²) >= 11 is 5.77. The number of carbonyl (C=O) groups excluding carboxylic acids is 3. The Bertz CT molecular complexity index is 561. The number of imide groups is 1. The summed E-state index contributed by atoms with van der Waals surface area (Å²) < 4.78 is 5.45. The summed E-state index contributed by atoms with van der Waals surface area (Å²) in [5.74, 6) is -1.01. The van der Waals surface area contributed by atoms with Crippen molar-refractivity contribution >= 4 is 29.3 Å². The molecule has 0 saturated carbocycles. The fourth-order valence-electron chi connectivity index (χ4n) is 1.61. The van der Waals surface area contributed by atoms with Gasteiger partial charge in [0.05, 0.1) is 6.61 Å². The zero-order valence-corrected chi connectivity index (χ0v) is 13.9. The van der Waals surface area contributed by atoms with E-state index in [2.05, 4.69) is 5.32 Å². The lowest BCUT2D eigenvalue weighted by Gasteiger charge is -2.22. The summed E-state index contributed by atoms with van der Waals surface area (Å²) in [6.07, 6.45) is -0.930. The number of rotatable bonds is 7. The molecule has 0 aromatic heterocycles. The molecule has 3 amide bonds. The molecule has 0 fully saturated rings. The number of amides is 3. The zero-order chi connectivity index (χ0) is 17.4. The van der Waals surface area contributed by atoms with Crippen LogP contribution in [0.15, 0.2) is 24.3 Å². The molecule has 1 atom stereocenters. The average molecular weight is 343 g/mol. The van der Waals surface area contributed by atoms with Crippen molar-refractivity contribution in [2.75, 3.05) is 13.2 Å². The van der Waals surface area contributed by atoms with Crippen molar-refractivity contribution in [3.63, 3.8) is 0 Å². The molecule has 7 nitrogen and oxygen atoms in total. The predicted octanol–water partition coefficient (Wildman–Crippen LogP) is 1.55. The minimum absolute atomic E-state index is 0.0153. The van der Waals surface area contributed by atoms with E-state index in [1.54, 1.807) is 24.3 Å². The van der Waals surface area contributed by atoms with Crippen molar-refractivity contribution in [3.05, 3.63) is 29.3 Å². The maximum absolute atomic E-state index is 12.2. The van der Waals surface area contributed by atoms with Crippen molar-refractivity contribution in [1.82, 2.24) is 10.4 Å². The largest absolute Gasteiger partial charge is 0.481 e. The lowest BCUT2D eigenvalue weighted by molar-refractivity contribution is -0.197. The van der Waals surface area contributed by atoms with Gasteiger partial charge >= 0.3 is 0 Å². The van der Waals surface area contributed by atoms with Crippen LogP contribution in [0.1, 0.15) is 20.8 Å². The molecule has 8 heteroatoms. The number of nitrogens with one attached hydrogen (secondary N) is 1. The minimum atomic E-state index is -0.930. The summed E-state index contributed by atoms with van der Waals surface area (Å²) in [6, 6.07) is 6.48. The van der Waals surface area contributed by atoms with Gasteiger partial charge in [-0.15, -0.1) is 0 Å². The van der Waals surface area contributed by atoms with Crippen molar-refractivity contribution in [3.8, 4) is 5.75 Å². The third-order valence-corrected chi connectivity index (χ3v) is 2.91. The topological polar surface area (TPSA) is 84.9 Å². The summed E-state index contributed by atoms with van der Waals surface area (Å²) in [4.78, 5) is 39.6. The van der Waals surface area contributed by atoms with Crippen LogP contribution in [-0.2, 0) is 19.2 Å². The van der Waals surface area contributed by atoms with E-state index in [4.69, 9.17) is 21.2 Å². The number of carbonyl (C=O) groups is 3. The van der Waals surface area contributed by atoms with Crippen LogP contribution in [0.3, 0.4) is 0 Å². The quantitative estimate of drug-likeness (QED) is 0.600. The molecule has 23 heavy (non-hydrogen) atoms. The van der Waals surface area contributed by atoms with Gasteiger partial charge in [-0.25, -0.2) is 0 Å². The second kappa shape index (κ2) is 9.12. The molecule has 0 heterocycles. The van der Waals surface area contributed by atoms with E-state index >= 15 is 0 Å². The molecule has 0 unspecified atom stereocenters. The Morgan fingerprint density at radius 3 is 2.35 bits per heavy atom. The maximum atomic E-state index is 12.2. The van der Waals surface area contributed by atoms with Crippen LogP contribution in [0.25, 0.3) is 0 Å². The van der Waals surface area contributed by atoms with Crippen molar-refractivity contribution < 1.29 is 24.0 Å². The Balaban J connectivity index is 2.59. The van der Waals surface area contributed by atoms with Gasteiger partial charge in [-0.1, -0.05) is 11.6 Å². The standard InChI is InChI=1S/C15H19ClN2O5/c1-10(23-14-6-4-13(16)5-7-14)15(21)18(12(3)20)22-9-8-17-11(2)19/h4-7,10H,8-9H2,1-3H3,(H,17,19)/t10-/m0/s1. The molecular weight excluding hydrogens is 324 g/mol. The van der Waals surface area contributed by atoms with E-state index < -0.39 is 17.9 Å². The first-order valence-electron chi connectivity index (χ1n) is 6.95. The van der Waals surface area contributed by atoms with Crippen LogP contribution < -0.4 is 10.1 Å². The van der Waals surface area contributed by atoms with E-state index in [1.165, 1.54) is 20.8 Å². The molecule has 0 spiro atoms. The highest BCUT2D eigenvalue weighted by atomic mass is 35.5. The second-order valence-corrected chi connectivity index (χ2v) is 5.12. The molecule has 1 rings (SSSR count). The molecule has 0 bridgehead atoms. The van der Waals surface area contributed by atoms with Crippen LogP contribution in [-0.4, -0.2) is 42.0 Å². The maximum Gasteiger partial charge on any atom is 0.294 e. The summed E-state index contributed by atoms with van der Waals surface area (Å²) in [7, 11) is 0. The molecule has 0 aliphatic heterocycles. The monoisotopic (exact) mass is 342 g/mol. The van der Waals surface area contributed by atoms with Crippen LogP contribution in [0.5, 0.6) is 5.75 Å². The fraction of sp³-hybridized carbons (Fsp3) is 0.400. The van der Waals surface area contributed by atoms with Gasteiger partial charge in [0.25, 0.3) is 5.91 Å². The molecule has 0 aliphatic rings. The number of hydrogen-bond donors (Lipinski definition) is 1. The normalized spacial score (nSPS) is 11.5. The highest BCUT2D eigenvalue weighted by Crippen LogP contribution is 2.17. The van der Waals surface area contributed by atoms with E-state index in [0.29, 0.717) is 15.8 Å². The Morgan fingerprint density at radius 2 is 1.83 bits per heavy atom. The molecular formula is C15H19ClN2O5. The Kier molecular flexibility index (Phi) is 7.50. The summed E-state index contributed by atoms with van der Waals surface area (Å²) in [5.41, 5.74) is 0. The van der Waals surface area contributed by atoms with Crippen LogP contribution in [0.4, 0.5) is 0 Å². The Hall–Kier alpha value is -2.12. The molecule has 126 valence electrons. The summed E-state index contributed by atoms with van der Waals surface area (Å²) in [5, 5.41) is 3.67. The lowest BCUT2D eigenvalue weighted by Crippen LogP contribution is -2.44. The molecule has 1 aromatic rings. The highest BCUT2D eigenvalue weighted by molar-refractivity contribution is 6.30. The van der Waals surface area contributed by atoms with Crippen LogP contribution in [0.2, 0.25) is 5.02 Å². The number of hydrogen-bond acceptors (Lipinski definition) is 5. The molecule has 0 radical (unpaired) electrons. The zero-order valence-electron chi connectivity index (χ0n) is 13.2. The third-order valence-electron chi connectivity index (χ3n) is 2.66. The fourth-order valence-corrected chi connectivity index (χ4v) is 1.73. The smallest absolute Gasteiger partial charge is 0.294 e. The second-order valence-electron chi connectivity index (χ2n) is 4.68.